The first kappa shape index (κ1) is 26.1. The van der Waals surface area contributed by atoms with E-state index in [4.69, 9.17) is 17.5 Å². The third kappa shape index (κ3) is 3.64. The summed E-state index contributed by atoms with van der Waals surface area (Å²) in [6, 6.07) is 0. The number of carbonyl (C=O) groups is 2. The van der Waals surface area contributed by atoms with Crippen molar-refractivity contribution in [3.8, 4) is 0 Å². The molecule has 4 aliphatic carbocycles. The van der Waals surface area contributed by atoms with Crippen LogP contribution in [0.1, 0.15) is 46.5 Å². The topological polar surface area (TPSA) is 169 Å². The lowest BCUT2D eigenvalue weighted by Gasteiger charge is -2.62. The van der Waals surface area contributed by atoms with Crippen molar-refractivity contribution in [2.24, 2.45) is 28.6 Å². The molecule has 3 saturated carbocycles. The van der Waals surface area contributed by atoms with Gasteiger partial charge in [0.15, 0.2) is 17.2 Å². The van der Waals surface area contributed by atoms with Crippen molar-refractivity contribution in [1.29, 1.82) is 0 Å². The standard InChI is InChI=1S/C22H29FO5.H2O4S/c1-12-8-16-15-5-4-13-9-14(25)6-7-19(13,2)21(15,23)17(26)10-20(16,3)22(12,28)18(27)11-24;1-5(2,3)4/h6-7,9,12,15-17,24,26,28H,4-5,8,10-11H2,1-3H3;(H2,1,2,3,4)/t12-,15-,16-,17-,19-,20-,21-,22-;/m0./s1. The van der Waals surface area contributed by atoms with Crippen LogP contribution in [0.25, 0.3) is 0 Å². The van der Waals surface area contributed by atoms with Crippen molar-refractivity contribution in [2.45, 2.75) is 63.8 Å². The Bertz CT molecular complexity index is 1010. The number of allylic oxidation sites excluding steroid dienone is 4. The smallest absolute Gasteiger partial charge is 0.390 e. The van der Waals surface area contributed by atoms with Gasteiger partial charge in [0.2, 0.25) is 0 Å². The van der Waals surface area contributed by atoms with Crippen LogP contribution in [0.4, 0.5) is 4.39 Å². The first-order chi connectivity index (χ1) is 15.0. The third-order valence-electron chi connectivity index (χ3n) is 8.79. The molecule has 0 radical (unpaired) electrons. The molecule has 0 spiro atoms. The van der Waals surface area contributed by atoms with Gasteiger partial charge in [-0.1, -0.05) is 25.5 Å². The van der Waals surface area contributed by atoms with E-state index < -0.39 is 62.8 Å². The van der Waals surface area contributed by atoms with Crippen LogP contribution in [0, 0.1) is 28.6 Å². The van der Waals surface area contributed by atoms with Crippen LogP contribution in [0.15, 0.2) is 23.8 Å². The van der Waals surface area contributed by atoms with E-state index in [0.717, 1.165) is 0 Å². The predicted molar refractivity (Wildman–Crippen MR) is 114 cm³/mol. The summed E-state index contributed by atoms with van der Waals surface area (Å²) in [4.78, 5) is 24.4. The maximum Gasteiger partial charge on any atom is 0.394 e. The van der Waals surface area contributed by atoms with Crippen LogP contribution < -0.4 is 0 Å². The Kier molecular flexibility index (Phi) is 6.35. The summed E-state index contributed by atoms with van der Waals surface area (Å²) in [6.07, 6.45) is 4.44. The fourth-order valence-electron chi connectivity index (χ4n) is 7.26. The number of Topliss-reactive ketones (excluding diaryl/α,β-unsaturated/α-hetero) is 1. The Morgan fingerprint density at radius 2 is 1.82 bits per heavy atom. The summed E-state index contributed by atoms with van der Waals surface area (Å²) in [5, 5.41) is 32.0. The van der Waals surface area contributed by atoms with Crippen molar-refractivity contribution in [2.75, 3.05) is 6.61 Å². The van der Waals surface area contributed by atoms with Crippen LogP contribution in [0.5, 0.6) is 0 Å². The van der Waals surface area contributed by atoms with Gasteiger partial charge in [-0.2, -0.15) is 8.42 Å². The molecule has 3 fully saturated rings. The van der Waals surface area contributed by atoms with Gasteiger partial charge < -0.3 is 15.3 Å². The van der Waals surface area contributed by atoms with Crippen molar-refractivity contribution in [3.63, 3.8) is 0 Å². The molecule has 9 nitrogen and oxygen atoms in total. The van der Waals surface area contributed by atoms with Crippen LogP contribution in [-0.2, 0) is 20.0 Å². The highest BCUT2D eigenvalue weighted by Gasteiger charge is 2.75. The van der Waals surface area contributed by atoms with Gasteiger partial charge in [-0.15, -0.1) is 0 Å². The van der Waals surface area contributed by atoms with E-state index in [0.29, 0.717) is 24.8 Å². The molecule has 0 amide bonds. The number of halogens is 1. The largest absolute Gasteiger partial charge is 0.394 e. The molecular formula is C22H31FO9S. The molecule has 0 unspecified atom stereocenters. The van der Waals surface area contributed by atoms with Gasteiger partial charge in [0, 0.05) is 16.7 Å². The second-order valence-corrected chi connectivity index (χ2v) is 11.1. The molecule has 186 valence electrons. The van der Waals surface area contributed by atoms with E-state index in [1.54, 1.807) is 26.8 Å². The lowest BCUT2D eigenvalue weighted by atomic mass is 9.44. The lowest BCUT2D eigenvalue weighted by Crippen LogP contribution is -2.69. The van der Waals surface area contributed by atoms with Crippen molar-refractivity contribution in [3.05, 3.63) is 23.8 Å². The molecule has 11 heteroatoms. The number of aliphatic hydroxyl groups excluding tert-OH is 2. The predicted octanol–water partition coefficient (Wildman–Crippen LogP) is 1.24. The summed E-state index contributed by atoms with van der Waals surface area (Å²) < 4.78 is 48.4. The van der Waals surface area contributed by atoms with Gasteiger partial charge in [0.1, 0.15) is 12.2 Å². The third-order valence-corrected chi connectivity index (χ3v) is 8.79. The average molecular weight is 491 g/mol. The van der Waals surface area contributed by atoms with Crippen LogP contribution in [-0.4, -0.2) is 68.4 Å². The molecule has 0 saturated heterocycles. The summed E-state index contributed by atoms with van der Waals surface area (Å²) in [5.41, 5.74) is -5.17. The molecule has 0 aliphatic heterocycles. The summed E-state index contributed by atoms with van der Waals surface area (Å²) in [7, 11) is -4.67. The quantitative estimate of drug-likeness (QED) is 0.357. The second kappa shape index (κ2) is 8.03. The van der Waals surface area contributed by atoms with Gasteiger partial charge in [-0.3, -0.25) is 18.7 Å². The molecule has 0 aromatic carbocycles. The Morgan fingerprint density at radius 1 is 1.24 bits per heavy atom. The second-order valence-electron chi connectivity index (χ2n) is 10.2. The zero-order valence-corrected chi connectivity index (χ0v) is 19.5. The molecule has 0 heterocycles. The fourth-order valence-corrected chi connectivity index (χ4v) is 7.26. The highest BCUT2D eigenvalue weighted by atomic mass is 32.3. The number of hydrogen-bond acceptors (Lipinski definition) is 7. The maximum absolute atomic E-state index is 16.9. The van der Waals surface area contributed by atoms with E-state index in [1.807, 2.05) is 0 Å². The Labute approximate surface area is 192 Å². The van der Waals surface area contributed by atoms with E-state index in [9.17, 15) is 24.9 Å². The molecule has 4 aliphatic rings. The highest BCUT2D eigenvalue weighted by molar-refractivity contribution is 7.79. The molecular weight excluding hydrogens is 459 g/mol. The maximum atomic E-state index is 16.9. The zero-order valence-electron chi connectivity index (χ0n) is 18.7. The van der Waals surface area contributed by atoms with Crippen molar-refractivity contribution in [1.82, 2.24) is 0 Å². The monoisotopic (exact) mass is 490 g/mol. The first-order valence-electron chi connectivity index (χ1n) is 10.8. The number of ketones is 2. The summed E-state index contributed by atoms with van der Waals surface area (Å²) in [6.45, 7) is 4.48. The molecule has 33 heavy (non-hydrogen) atoms. The van der Waals surface area contributed by atoms with E-state index in [1.165, 1.54) is 12.2 Å². The molecule has 0 aromatic rings. The Hall–Kier alpha value is -1.50. The van der Waals surface area contributed by atoms with Gasteiger partial charge in [-0.05, 0) is 56.6 Å². The normalized spacial score (nSPS) is 46.3. The summed E-state index contributed by atoms with van der Waals surface area (Å²) in [5.74, 6) is -2.12. The number of aliphatic hydroxyl groups is 3. The number of carbonyl (C=O) groups excluding carboxylic acids is 2. The molecule has 5 N–H and O–H groups in total. The van der Waals surface area contributed by atoms with Gasteiger partial charge >= 0.3 is 10.4 Å². The Balaban J connectivity index is 0.000000555. The minimum Gasteiger partial charge on any atom is -0.390 e. The summed E-state index contributed by atoms with van der Waals surface area (Å²) >= 11 is 0. The average Bonchev–Trinajstić information content (AvgIpc) is 2.89. The van der Waals surface area contributed by atoms with Crippen LogP contribution in [0.3, 0.4) is 0 Å². The van der Waals surface area contributed by atoms with E-state index in [-0.39, 0.29) is 18.1 Å². The molecule has 8 atom stereocenters. The van der Waals surface area contributed by atoms with Gasteiger partial charge in [-0.25, -0.2) is 4.39 Å². The number of fused-ring (bicyclic) bond motifs is 5. The first-order valence-corrected chi connectivity index (χ1v) is 12.2. The van der Waals surface area contributed by atoms with Gasteiger partial charge in [0.25, 0.3) is 0 Å². The van der Waals surface area contributed by atoms with E-state index >= 15 is 4.39 Å². The molecule has 0 aromatic heterocycles. The van der Waals surface area contributed by atoms with E-state index in [2.05, 4.69) is 0 Å². The number of alkyl halides is 1. The van der Waals surface area contributed by atoms with Crippen LogP contribution in [0.2, 0.25) is 0 Å². The van der Waals surface area contributed by atoms with Crippen molar-refractivity contribution >= 4 is 22.0 Å². The zero-order chi connectivity index (χ0) is 25.2. The minimum atomic E-state index is -4.67. The fraction of sp³-hybridized carbons (Fsp3) is 0.727. The van der Waals surface area contributed by atoms with Crippen molar-refractivity contribution < 1.29 is 46.8 Å². The minimum absolute atomic E-state index is 0.0676. The molecule has 0 bridgehead atoms. The SMILES string of the molecule is C[C@H]1C[C@H]2[C@@H]3CCC4=CC(=O)C=C[C@]4(C)[C@@]3(F)[C@@H](O)C[C@]2(C)[C@@]1(O)C(=O)CO.O=S(=O)(O)O. The Morgan fingerprint density at radius 3 is 2.36 bits per heavy atom. The molecule has 4 rings (SSSR count). The number of rotatable bonds is 2. The van der Waals surface area contributed by atoms with Gasteiger partial charge in [0.05, 0.1) is 6.10 Å². The number of hydrogen-bond donors (Lipinski definition) is 5. The van der Waals surface area contributed by atoms with Crippen LogP contribution >= 0.6 is 0 Å². The lowest BCUT2D eigenvalue weighted by molar-refractivity contribution is -0.219. The highest BCUT2D eigenvalue weighted by Crippen LogP contribution is 2.70.